The molecular formula is C14H24ClNO2. The molecule has 0 spiro atoms. The zero-order chi connectivity index (χ0) is 13.0. The van der Waals surface area contributed by atoms with Gasteiger partial charge in [-0.05, 0) is 44.4 Å². The van der Waals surface area contributed by atoms with Crippen molar-refractivity contribution in [3.05, 3.63) is 0 Å². The van der Waals surface area contributed by atoms with E-state index in [0.29, 0.717) is 17.7 Å². The number of carbonyl (C=O) groups excluding carboxylic acids is 1. The molecule has 2 fully saturated rings. The third-order valence-electron chi connectivity index (χ3n) is 4.49. The summed E-state index contributed by atoms with van der Waals surface area (Å²) in [7, 11) is 1.71. The van der Waals surface area contributed by atoms with Gasteiger partial charge in [-0.15, -0.1) is 11.6 Å². The van der Waals surface area contributed by atoms with Crippen LogP contribution in [0.3, 0.4) is 0 Å². The number of hydrogen-bond donors (Lipinski definition) is 1. The lowest BCUT2D eigenvalue weighted by molar-refractivity contribution is -0.134. The first kappa shape index (κ1) is 14.1. The van der Waals surface area contributed by atoms with Gasteiger partial charge < -0.3 is 10.1 Å². The van der Waals surface area contributed by atoms with Crippen molar-refractivity contribution in [3.63, 3.8) is 0 Å². The first-order valence-electron chi connectivity index (χ1n) is 7.09. The monoisotopic (exact) mass is 273 g/mol. The van der Waals surface area contributed by atoms with Crippen LogP contribution in [-0.4, -0.2) is 30.5 Å². The Morgan fingerprint density at radius 2 is 2.17 bits per heavy atom. The fourth-order valence-corrected chi connectivity index (χ4v) is 3.45. The number of rotatable bonds is 5. The molecule has 4 heteroatoms. The molecule has 0 saturated heterocycles. The summed E-state index contributed by atoms with van der Waals surface area (Å²) in [5.74, 6) is 0.693. The molecule has 2 saturated carbocycles. The molecule has 0 aromatic rings. The van der Waals surface area contributed by atoms with E-state index in [0.717, 1.165) is 32.2 Å². The van der Waals surface area contributed by atoms with Gasteiger partial charge in [0.1, 0.15) is 0 Å². The normalized spacial score (nSPS) is 30.6. The van der Waals surface area contributed by atoms with Gasteiger partial charge in [0.15, 0.2) is 0 Å². The highest BCUT2D eigenvalue weighted by Gasteiger charge is 2.39. The third-order valence-corrected chi connectivity index (χ3v) is 4.88. The molecule has 2 atom stereocenters. The fourth-order valence-electron chi connectivity index (χ4n) is 3.05. The lowest BCUT2D eigenvalue weighted by Gasteiger charge is -2.40. The molecule has 2 aliphatic rings. The number of methoxy groups -OCH3 is 1. The van der Waals surface area contributed by atoms with Gasteiger partial charge in [-0.3, -0.25) is 4.79 Å². The maximum absolute atomic E-state index is 11.9. The van der Waals surface area contributed by atoms with Crippen LogP contribution in [0.25, 0.3) is 0 Å². The Bertz CT molecular complexity index is 286. The average molecular weight is 274 g/mol. The Labute approximate surface area is 115 Å². The van der Waals surface area contributed by atoms with Crippen molar-refractivity contribution in [1.82, 2.24) is 5.32 Å². The second-order valence-electron chi connectivity index (χ2n) is 5.85. The van der Waals surface area contributed by atoms with Crippen LogP contribution in [0.4, 0.5) is 0 Å². The predicted molar refractivity (Wildman–Crippen MR) is 72.8 cm³/mol. The van der Waals surface area contributed by atoms with Crippen LogP contribution in [0.2, 0.25) is 0 Å². The second kappa shape index (κ2) is 6.25. The Kier molecular flexibility index (Phi) is 4.91. The van der Waals surface area contributed by atoms with Gasteiger partial charge in [-0.1, -0.05) is 6.42 Å². The number of alkyl halides is 1. The van der Waals surface area contributed by atoms with E-state index in [4.69, 9.17) is 16.3 Å². The molecule has 2 rings (SSSR count). The van der Waals surface area contributed by atoms with Gasteiger partial charge in [0, 0.05) is 19.0 Å². The van der Waals surface area contributed by atoms with E-state index in [1.165, 1.54) is 19.3 Å². The molecule has 18 heavy (non-hydrogen) atoms. The van der Waals surface area contributed by atoms with Crippen molar-refractivity contribution in [2.24, 2.45) is 5.92 Å². The van der Waals surface area contributed by atoms with E-state index in [1.54, 1.807) is 7.11 Å². The molecule has 0 radical (unpaired) electrons. The van der Waals surface area contributed by atoms with E-state index < -0.39 is 0 Å². The largest absolute Gasteiger partial charge is 0.378 e. The van der Waals surface area contributed by atoms with Gasteiger partial charge in [0.05, 0.1) is 12.0 Å². The first-order valence-corrected chi connectivity index (χ1v) is 7.53. The quantitative estimate of drug-likeness (QED) is 0.783. The van der Waals surface area contributed by atoms with Crippen LogP contribution < -0.4 is 5.32 Å². The standard InChI is InChI=1S/C14H24ClNO2/c1-18-14(6-3-7-14)9-13(17)16-10-11-4-2-5-12(15)8-11/h11-12H,2-10H2,1H3,(H,16,17). The summed E-state index contributed by atoms with van der Waals surface area (Å²) in [6.07, 6.45) is 8.28. The van der Waals surface area contributed by atoms with Crippen molar-refractivity contribution < 1.29 is 9.53 Å². The van der Waals surface area contributed by atoms with Crippen molar-refractivity contribution in [1.29, 1.82) is 0 Å². The highest BCUT2D eigenvalue weighted by atomic mass is 35.5. The molecule has 2 unspecified atom stereocenters. The number of amides is 1. The number of ether oxygens (including phenoxy) is 1. The Morgan fingerprint density at radius 3 is 2.72 bits per heavy atom. The number of nitrogens with one attached hydrogen (secondary N) is 1. The second-order valence-corrected chi connectivity index (χ2v) is 6.47. The van der Waals surface area contributed by atoms with Gasteiger partial charge in [0.25, 0.3) is 0 Å². The molecule has 0 aliphatic heterocycles. The molecule has 0 bridgehead atoms. The van der Waals surface area contributed by atoms with Crippen LogP contribution in [-0.2, 0) is 9.53 Å². The van der Waals surface area contributed by atoms with E-state index in [9.17, 15) is 4.79 Å². The summed E-state index contributed by atoms with van der Waals surface area (Å²) >= 11 is 6.15. The number of carbonyl (C=O) groups is 1. The average Bonchev–Trinajstić information content (AvgIpc) is 2.31. The minimum atomic E-state index is -0.161. The van der Waals surface area contributed by atoms with E-state index >= 15 is 0 Å². The van der Waals surface area contributed by atoms with Gasteiger partial charge >= 0.3 is 0 Å². The van der Waals surface area contributed by atoms with Crippen molar-refractivity contribution in [2.45, 2.75) is 62.3 Å². The first-order chi connectivity index (χ1) is 8.63. The Morgan fingerprint density at radius 1 is 1.39 bits per heavy atom. The summed E-state index contributed by atoms with van der Waals surface area (Å²) in [6, 6.07) is 0. The van der Waals surface area contributed by atoms with Crippen molar-refractivity contribution in [3.8, 4) is 0 Å². The smallest absolute Gasteiger partial charge is 0.222 e. The summed E-state index contributed by atoms with van der Waals surface area (Å²) in [5.41, 5.74) is -0.161. The van der Waals surface area contributed by atoms with Crippen LogP contribution in [0.15, 0.2) is 0 Å². The van der Waals surface area contributed by atoms with E-state index in [-0.39, 0.29) is 11.5 Å². The molecule has 1 amide bonds. The molecule has 3 nitrogen and oxygen atoms in total. The maximum atomic E-state index is 11.9. The Balaban J connectivity index is 1.68. The maximum Gasteiger partial charge on any atom is 0.222 e. The van der Waals surface area contributed by atoms with Crippen LogP contribution >= 0.6 is 11.6 Å². The lowest BCUT2D eigenvalue weighted by atomic mass is 9.77. The predicted octanol–water partition coefficient (Wildman–Crippen LogP) is 2.86. The minimum Gasteiger partial charge on any atom is -0.378 e. The molecule has 0 heterocycles. The number of halogens is 1. The highest BCUT2D eigenvalue weighted by Crippen LogP contribution is 2.37. The Hall–Kier alpha value is -0.280. The van der Waals surface area contributed by atoms with Gasteiger partial charge in [-0.25, -0.2) is 0 Å². The third kappa shape index (κ3) is 3.61. The van der Waals surface area contributed by atoms with Crippen molar-refractivity contribution >= 4 is 17.5 Å². The lowest BCUT2D eigenvalue weighted by Crippen LogP contribution is -2.44. The summed E-state index contributed by atoms with van der Waals surface area (Å²) in [5, 5.41) is 3.36. The number of hydrogen-bond acceptors (Lipinski definition) is 2. The fraction of sp³-hybridized carbons (Fsp3) is 0.929. The molecule has 0 aromatic heterocycles. The molecular weight excluding hydrogens is 250 g/mol. The topological polar surface area (TPSA) is 38.3 Å². The summed E-state index contributed by atoms with van der Waals surface area (Å²) in [6.45, 7) is 0.780. The van der Waals surface area contributed by atoms with E-state index in [1.807, 2.05) is 0 Å². The van der Waals surface area contributed by atoms with Crippen molar-refractivity contribution in [2.75, 3.05) is 13.7 Å². The molecule has 2 aliphatic carbocycles. The zero-order valence-corrected chi connectivity index (χ0v) is 12.0. The van der Waals surface area contributed by atoms with Crippen LogP contribution in [0.1, 0.15) is 51.4 Å². The molecule has 104 valence electrons. The van der Waals surface area contributed by atoms with Crippen LogP contribution in [0, 0.1) is 5.92 Å². The van der Waals surface area contributed by atoms with Gasteiger partial charge in [0.2, 0.25) is 5.91 Å². The SMILES string of the molecule is COC1(CC(=O)NCC2CCCC(Cl)C2)CCC1. The summed E-state index contributed by atoms with van der Waals surface area (Å²) < 4.78 is 5.47. The molecule has 0 aromatic carbocycles. The highest BCUT2D eigenvalue weighted by molar-refractivity contribution is 6.20. The van der Waals surface area contributed by atoms with Gasteiger partial charge in [-0.2, -0.15) is 0 Å². The molecule has 1 N–H and O–H groups in total. The minimum absolute atomic E-state index is 0.133. The van der Waals surface area contributed by atoms with Crippen LogP contribution in [0.5, 0.6) is 0 Å². The zero-order valence-electron chi connectivity index (χ0n) is 11.2. The summed E-state index contributed by atoms with van der Waals surface area (Å²) in [4.78, 5) is 11.9. The van der Waals surface area contributed by atoms with E-state index in [2.05, 4.69) is 5.32 Å².